The molecule has 0 fully saturated rings. The molecule has 0 aliphatic rings. The summed E-state index contributed by atoms with van der Waals surface area (Å²) in [6.07, 6.45) is 0.959. The second kappa shape index (κ2) is 6.23. The molecule has 0 aromatic heterocycles. The van der Waals surface area contributed by atoms with Crippen LogP contribution in [0.25, 0.3) is 0 Å². The Morgan fingerprint density at radius 1 is 1.17 bits per heavy atom. The highest BCUT2D eigenvalue weighted by Crippen LogP contribution is 2.30. The Morgan fingerprint density at radius 2 is 1.94 bits per heavy atom. The quantitative estimate of drug-likeness (QED) is 0.558. The van der Waals surface area contributed by atoms with Gasteiger partial charge in [0.1, 0.15) is 0 Å². The molecule has 0 aliphatic carbocycles. The van der Waals surface area contributed by atoms with E-state index < -0.39 is 0 Å². The van der Waals surface area contributed by atoms with Gasteiger partial charge in [-0.2, -0.15) is 0 Å². The summed E-state index contributed by atoms with van der Waals surface area (Å²) in [7, 11) is 0. The fourth-order valence-electron chi connectivity index (χ4n) is 1.85. The van der Waals surface area contributed by atoms with Crippen LogP contribution in [0.3, 0.4) is 0 Å². The van der Waals surface area contributed by atoms with Crippen molar-refractivity contribution >= 4 is 43.5 Å². The Morgan fingerprint density at radius 3 is 2.61 bits per heavy atom. The first-order valence-corrected chi connectivity index (χ1v) is 7.79. The summed E-state index contributed by atoms with van der Waals surface area (Å²) in [6.45, 7) is 2.03. The van der Waals surface area contributed by atoms with Gasteiger partial charge in [0, 0.05) is 14.3 Å². The van der Waals surface area contributed by atoms with Crippen LogP contribution in [-0.4, -0.2) is 0 Å². The fourth-order valence-corrected chi connectivity index (χ4v) is 3.07. The van der Waals surface area contributed by atoms with Crippen molar-refractivity contribution in [2.75, 3.05) is 0 Å². The molecule has 0 nitrogen and oxygen atoms in total. The van der Waals surface area contributed by atoms with Crippen LogP contribution < -0.4 is 0 Å². The van der Waals surface area contributed by atoms with Crippen LogP contribution in [0.2, 0.25) is 5.02 Å². The highest BCUT2D eigenvalue weighted by atomic mass is 79.9. The van der Waals surface area contributed by atoms with Gasteiger partial charge in [0.25, 0.3) is 0 Å². The van der Waals surface area contributed by atoms with Crippen LogP contribution in [0, 0.1) is 6.92 Å². The maximum atomic E-state index is 6.04. The highest BCUT2D eigenvalue weighted by Gasteiger charge is 2.10. The maximum absolute atomic E-state index is 6.04. The van der Waals surface area contributed by atoms with E-state index in [1.165, 1.54) is 11.1 Å². The van der Waals surface area contributed by atoms with Crippen LogP contribution in [-0.2, 0) is 6.42 Å². The monoisotopic (exact) mass is 386 g/mol. The molecular formula is C15H13Br2Cl. The number of halogens is 3. The van der Waals surface area contributed by atoms with E-state index in [0.717, 1.165) is 21.5 Å². The van der Waals surface area contributed by atoms with Gasteiger partial charge in [0.05, 0.1) is 0 Å². The molecule has 0 bridgehead atoms. The molecule has 0 heterocycles. The Bertz CT molecular complexity index is 552. The molecule has 1 unspecified atom stereocenters. The van der Waals surface area contributed by atoms with Crippen molar-refractivity contribution < 1.29 is 0 Å². The largest absolute Gasteiger partial charge is 0.0841 e. The predicted molar refractivity (Wildman–Crippen MR) is 85.7 cm³/mol. The summed E-state index contributed by atoms with van der Waals surface area (Å²) >= 11 is 13.3. The first-order valence-electron chi connectivity index (χ1n) is 5.71. The zero-order valence-corrected chi connectivity index (χ0v) is 13.9. The first-order chi connectivity index (χ1) is 8.56. The lowest BCUT2D eigenvalue weighted by molar-refractivity contribution is 0.946. The van der Waals surface area contributed by atoms with Gasteiger partial charge in [-0.1, -0.05) is 67.7 Å². The molecule has 0 saturated heterocycles. The Hall–Kier alpha value is -0.310. The lowest BCUT2D eigenvalue weighted by atomic mass is 10.0. The van der Waals surface area contributed by atoms with Crippen LogP contribution in [0.5, 0.6) is 0 Å². The minimum Gasteiger partial charge on any atom is -0.0841 e. The van der Waals surface area contributed by atoms with E-state index in [0.29, 0.717) is 4.83 Å². The summed E-state index contributed by atoms with van der Waals surface area (Å²) in [4.78, 5) is 0.308. The Balaban J connectivity index is 2.16. The third kappa shape index (κ3) is 3.59. The molecule has 18 heavy (non-hydrogen) atoms. The van der Waals surface area contributed by atoms with Crippen molar-refractivity contribution in [2.45, 2.75) is 18.2 Å². The molecule has 0 saturated carbocycles. The van der Waals surface area contributed by atoms with Crippen molar-refractivity contribution in [2.24, 2.45) is 0 Å². The maximum Gasteiger partial charge on any atom is 0.0435 e. The molecule has 0 aliphatic heterocycles. The topological polar surface area (TPSA) is 0 Å². The molecule has 0 radical (unpaired) electrons. The number of aryl methyl sites for hydroxylation is 1. The molecule has 3 heteroatoms. The van der Waals surface area contributed by atoms with Gasteiger partial charge < -0.3 is 0 Å². The van der Waals surface area contributed by atoms with Gasteiger partial charge in [0.15, 0.2) is 0 Å². The van der Waals surface area contributed by atoms with Crippen LogP contribution >= 0.6 is 43.5 Å². The third-order valence-electron chi connectivity index (χ3n) is 2.85. The zero-order valence-electron chi connectivity index (χ0n) is 9.96. The van der Waals surface area contributed by atoms with E-state index in [1.54, 1.807) is 0 Å². The number of rotatable bonds is 3. The molecule has 0 amide bonds. The molecule has 2 aromatic rings. The predicted octanol–water partition coefficient (Wildman–Crippen LogP) is 6.09. The summed E-state index contributed by atoms with van der Waals surface area (Å²) in [5.41, 5.74) is 3.68. The fraction of sp³-hybridized carbons (Fsp3) is 0.200. The second-order valence-corrected chi connectivity index (χ2v) is 6.74. The molecule has 94 valence electrons. The molecule has 0 spiro atoms. The molecule has 1 atom stereocenters. The smallest absolute Gasteiger partial charge is 0.0435 e. The lowest BCUT2D eigenvalue weighted by Gasteiger charge is -2.12. The number of alkyl halides is 1. The van der Waals surface area contributed by atoms with E-state index in [1.807, 2.05) is 19.1 Å². The molecule has 2 rings (SSSR count). The van der Waals surface area contributed by atoms with Gasteiger partial charge in [-0.15, -0.1) is 0 Å². The van der Waals surface area contributed by atoms with Gasteiger partial charge in [-0.05, 0) is 48.2 Å². The van der Waals surface area contributed by atoms with Crippen molar-refractivity contribution in [3.63, 3.8) is 0 Å². The van der Waals surface area contributed by atoms with Crippen molar-refractivity contribution in [3.8, 4) is 0 Å². The average Bonchev–Trinajstić information content (AvgIpc) is 2.32. The van der Waals surface area contributed by atoms with E-state index in [4.69, 9.17) is 11.6 Å². The summed E-state index contributed by atoms with van der Waals surface area (Å²) in [5.74, 6) is 0. The summed E-state index contributed by atoms with van der Waals surface area (Å²) in [5, 5.41) is 0.820. The van der Waals surface area contributed by atoms with Crippen molar-refractivity contribution in [1.82, 2.24) is 0 Å². The normalized spacial score (nSPS) is 12.4. The lowest BCUT2D eigenvalue weighted by Crippen LogP contribution is -1.96. The van der Waals surface area contributed by atoms with Gasteiger partial charge >= 0.3 is 0 Å². The Kier molecular flexibility index (Phi) is 4.88. The second-order valence-electron chi connectivity index (χ2n) is 4.31. The SMILES string of the molecule is Cc1cc(C(Br)Cc2cccc(Br)c2)ccc1Cl. The summed E-state index contributed by atoms with van der Waals surface area (Å²) in [6, 6.07) is 14.6. The zero-order chi connectivity index (χ0) is 13.1. The van der Waals surface area contributed by atoms with Crippen LogP contribution in [0.1, 0.15) is 21.5 Å². The number of hydrogen-bond donors (Lipinski definition) is 0. The number of benzene rings is 2. The summed E-state index contributed by atoms with van der Waals surface area (Å²) < 4.78 is 1.12. The highest BCUT2D eigenvalue weighted by molar-refractivity contribution is 9.10. The minimum atomic E-state index is 0.308. The van der Waals surface area contributed by atoms with E-state index in [-0.39, 0.29) is 0 Å². The number of hydrogen-bond acceptors (Lipinski definition) is 0. The van der Waals surface area contributed by atoms with Crippen LogP contribution in [0.15, 0.2) is 46.9 Å². The minimum absolute atomic E-state index is 0.308. The van der Waals surface area contributed by atoms with Crippen molar-refractivity contribution in [1.29, 1.82) is 0 Å². The molecular weight excluding hydrogens is 375 g/mol. The average molecular weight is 389 g/mol. The van der Waals surface area contributed by atoms with Crippen LogP contribution in [0.4, 0.5) is 0 Å². The van der Waals surface area contributed by atoms with E-state index in [9.17, 15) is 0 Å². The van der Waals surface area contributed by atoms with Gasteiger partial charge in [-0.25, -0.2) is 0 Å². The Labute approximate surface area is 130 Å². The molecule has 2 aromatic carbocycles. The first kappa shape index (κ1) is 14.1. The standard InChI is InChI=1S/C15H13Br2Cl/c1-10-7-12(5-6-15(10)18)14(17)9-11-3-2-4-13(16)8-11/h2-8,14H,9H2,1H3. The van der Waals surface area contributed by atoms with Gasteiger partial charge in [0.2, 0.25) is 0 Å². The molecule has 0 N–H and O–H groups in total. The van der Waals surface area contributed by atoms with Gasteiger partial charge in [-0.3, -0.25) is 0 Å². The third-order valence-corrected chi connectivity index (χ3v) is 4.62. The van der Waals surface area contributed by atoms with E-state index in [2.05, 4.69) is 62.2 Å². The van der Waals surface area contributed by atoms with E-state index >= 15 is 0 Å². The van der Waals surface area contributed by atoms with Crippen molar-refractivity contribution in [3.05, 3.63) is 68.7 Å².